The lowest BCUT2D eigenvalue weighted by Crippen LogP contribution is -2.19. The van der Waals surface area contributed by atoms with E-state index >= 15 is 0 Å². The van der Waals surface area contributed by atoms with Crippen LogP contribution in [0.5, 0.6) is 0 Å². The largest absolute Gasteiger partial charge is 0.463 e. The molecule has 0 N–H and O–H groups in total. The summed E-state index contributed by atoms with van der Waals surface area (Å²) in [6, 6.07) is 18.1. The van der Waals surface area contributed by atoms with Crippen LogP contribution in [-0.4, -0.2) is 91.7 Å². The molecule has 16 heteroatoms. The molecule has 6 aromatic rings. The third kappa shape index (κ3) is 11.8. The van der Waals surface area contributed by atoms with Gasteiger partial charge in [0, 0.05) is 64.7 Å². The molecular weight excluding hydrogens is 745 g/mol. The number of rotatable bonds is 16. The van der Waals surface area contributed by atoms with Crippen molar-refractivity contribution in [1.29, 1.82) is 0 Å². The van der Waals surface area contributed by atoms with Gasteiger partial charge in [-0.15, -0.1) is 0 Å². The normalized spacial score (nSPS) is 12.0. The smallest absolute Gasteiger partial charge is 0.310 e. The standard InChI is InChI=1S/2C21H24N4O4/c2*1-15(17-6-4-5-16(11-17)12-20(27)29-10-9-28-3)21-19(26)7-8-25(23-21)18-13-22-24(2)14-18/h2*4-8,11,13-15H,9-10,12H2,1-3H3. The maximum atomic E-state index is 12.4. The SMILES string of the molecule is COCCOC(=O)Cc1cccc(C(C)c2nn(-c3cnn(C)c3)ccc2=O)c1.COCCOC(=O)Cc1cccc(C(C)c2nn(-c3cnn(C)c3)ccc2=O)c1. The number of hydrogen-bond acceptors (Lipinski definition) is 12. The van der Waals surface area contributed by atoms with Gasteiger partial charge in [0.05, 0.1) is 50.8 Å². The van der Waals surface area contributed by atoms with Crippen LogP contribution < -0.4 is 10.9 Å². The Kier molecular flexibility index (Phi) is 15.1. The number of carbonyl (C=O) groups excluding carboxylic acids is 2. The Morgan fingerprint density at radius 2 is 1.03 bits per heavy atom. The van der Waals surface area contributed by atoms with Crippen molar-refractivity contribution in [1.82, 2.24) is 39.1 Å². The van der Waals surface area contributed by atoms with E-state index < -0.39 is 0 Å². The number of hydrogen-bond donors (Lipinski definition) is 0. The van der Waals surface area contributed by atoms with E-state index in [4.69, 9.17) is 18.9 Å². The third-order valence-electron chi connectivity index (χ3n) is 9.10. The fraction of sp³-hybridized carbons (Fsp3) is 0.333. The van der Waals surface area contributed by atoms with Crippen LogP contribution in [0.25, 0.3) is 11.4 Å². The van der Waals surface area contributed by atoms with Crippen molar-refractivity contribution < 1.29 is 28.5 Å². The van der Waals surface area contributed by atoms with E-state index in [0.717, 1.165) is 33.6 Å². The summed E-state index contributed by atoms with van der Waals surface area (Å²) >= 11 is 0. The zero-order valence-electron chi connectivity index (χ0n) is 33.5. The van der Waals surface area contributed by atoms with Gasteiger partial charge in [-0.1, -0.05) is 62.4 Å². The topological polar surface area (TPSA) is 176 Å². The maximum Gasteiger partial charge on any atom is 0.310 e. The molecular formula is C42H48N8O8. The van der Waals surface area contributed by atoms with Gasteiger partial charge in [-0.25, -0.2) is 9.36 Å². The molecule has 2 unspecified atom stereocenters. The number of aromatic nitrogens is 8. The van der Waals surface area contributed by atoms with Crippen molar-refractivity contribution in [2.75, 3.05) is 40.6 Å². The number of ether oxygens (including phenoxy) is 4. The zero-order chi connectivity index (χ0) is 41.6. The Hall–Kier alpha value is -6.52. The van der Waals surface area contributed by atoms with Crippen LogP contribution in [0.2, 0.25) is 0 Å². The first-order chi connectivity index (χ1) is 27.9. The van der Waals surface area contributed by atoms with Crippen molar-refractivity contribution >= 4 is 11.9 Å². The van der Waals surface area contributed by atoms with E-state index in [9.17, 15) is 19.2 Å². The van der Waals surface area contributed by atoms with Crippen LogP contribution in [-0.2, 0) is 55.5 Å². The van der Waals surface area contributed by atoms with E-state index in [-0.39, 0.29) is 60.7 Å². The molecule has 0 bridgehead atoms. The Labute approximate surface area is 335 Å². The van der Waals surface area contributed by atoms with E-state index in [1.807, 2.05) is 88.9 Å². The summed E-state index contributed by atoms with van der Waals surface area (Å²) in [6.45, 7) is 5.04. The number of esters is 2. The predicted molar refractivity (Wildman–Crippen MR) is 214 cm³/mol. The van der Waals surface area contributed by atoms with Gasteiger partial charge in [0.15, 0.2) is 0 Å². The number of benzene rings is 2. The molecule has 2 atom stereocenters. The van der Waals surface area contributed by atoms with E-state index in [0.29, 0.717) is 24.6 Å². The van der Waals surface area contributed by atoms with Gasteiger partial charge in [-0.3, -0.25) is 28.5 Å². The molecule has 0 radical (unpaired) electrons. The lowest BCUT2D eigenvalue weighted by Gasteiger charge is -2.14. The zero-order valence-corrected chi connectivity index (χ0v) is 33.5. The molecule has 0 amide bonds. The molecule has 4 heterocycles. The fourth-order valence-electron chi connectivity index (χ4n) is 5.96. The van der Waals surface area contributed by atoms with Gasteiger partial charge >= 0.3 is 11.9 Å². The number of nitrogens with zero attached hydrogens (tertiary/aromatic N) is 8. The summed E-state index contributed by atoms with van der Waals surface area (Å²) < 4.78 is 26.6. The molecule has 58 heavy (non-hydrogen) atoms. The van der Waals surface area contributed by atoms with Crippen LogP contribution in [0.1, 0.15) is 59.3 Å². The second-order valence-corrected chi connectivity index (χ2v) is 13.5. The van der Waals surface area contributed by atoms with Crippen LogP contribution in [0.15, 0.2) is 107 Å². The number of carbonyl (C=O) groups is 2. The molecule has 2 aromatic carbocycles. The molecule has 0 fully saturated rings. The molecule has 0 spiro atoms. The summed E-state index contributed by atoms with van der Waals surface area (Å²) in [5.41, 5.74) is 5.57. The minimum Gasteiger partial charge on any atom is -0.463 e. The number of methoxy groups -OCH3 is 2. The Bertz CT molecular complexity index is 2250. The lowest BCUT2D eigenvalue weighted by atomic mass is 9.95. The molecule has 16 nitrogen and oxygen atoms in total. The highest BCUT2D eigenvalue weighted by Crippen LogP contribution is 2.23. The van der Waals surface area contributed by atoms with Gasteiger partial charge in [0.2, 0.25) is 10.9 Å². The highest BCUT2D eigenvalue weighted by atomic mass is 16.6. The first-order valence-electron chi connectivity index (χ1n) is 18.6. The molecule has 0 aliphatic heterocycles. The minimum absolute atomic E-state index is 0.137. The number of aryl methyl sites for hydroxylation is 2. The summed E-state index contributed by atoms with van der Waals surface area (Å²) in [5, 5.41) is 17.3. The fourth-order valence-corrected chi connectivity index (χ4v) is 5.96. The molecule has 4 aromatic heterocycles. The van der Waals surface area contributed by atoms with Gasteiger partial charge in [-0.2, -0.15) is 20.4 Å². The summed E-state index contributed by atoms with van der Waals surface area (Å²) in [7, 11) is 6.75. The Balaban J connectivity index is 0.000000221. The average Bonchev–Trinajstić information content (AvgIpc) is 3.86. The van der Waals surface area contributed by atoms with Crippen molar-refractivity contribution in [2.45, 2.75) is 38.5 Å². The molecule has 0 saturated heterocycles. The van der Waals surface area contributed by atoms with Gasteiger partial charge in [0.25, 0.3) is 0 Å². The van der Waals surface area contributed by atoms with Crippen molar-refractivity contribution in [2.24, 2.45) is 14.1 Å². The first-order valence-corrected chi connectivity index (χ1v) is 18.6. The van der Waals surface area contributed by atoms with Crippen molar-refractivity contribution in [3.63, 3.8) is 0 Å². The van der Waals surface area contributed by atoms with Gasteiger partial charge in [0.1, 0.15) is 36.0 Å². The monoisotopic (exact) mass is 792 g/mol. The summed E-state index contributed by atoms with van der Waals surface area (Å²) in [5.74, 6) is -1.11. The second-order valence-electron chi connectivity index (χ2n) is 13.5. The third-order valence-corrected chi connectivity index (χ3v) is 9.10. The van der Waals surface area contributed by atoms with E-state index in [1.165, 1.54) is 12.1 Å². The molecule has 6 rings (SSSR count). The van der Waals surface area contributed by atoms with E-state index in [1.54, 1.807) is 57.7 Å². The quantitative estimate of drug-likeness (QED) is 0.103. The van der Waals surface area contributed by atoms with Crippen LogP contribution >= 0.6 is 0 Å². The highest BCUT2D eigenvalue weighted by molar-refractivity contribution is 5.73. The second kappa shape index (κ2) is 20.6. The predicted octanol–water partition coefficient (Wildman–Crippen LogP) is 3.70. The highest BCUT2D eigenvalue weighted by Gasteiger charge is 2.18. The van der Waals surface area contributed by atoms with Crippen LogP contribution in [0, 0.1) is 0 Å². The maximum absolute atomic E-state index is 12.4. The van der Waals surface area contributed by atoms with Gasteiger partial charge < -0.3 is 18.9 Å². The van der Waals surface area contributed by atoms with Crippen molar-refractivity contribution in [3.8, 4) is 11.4 Å². The lowest BCUT2D eigenvalue weighted by molar-refractivity contribution is -0.145. The average molecular weight is 793 g/mol. The van der Waals surface area contributed by atoms with Crippen LogP contribution in [0.4, 0.5) is 0 Å². The van der Waals surface area contributed by atoms with Crippen LogP contribution in [0.3, 0.4) is 0 Å². The van der Waals surface area contributed by atoms with Crippen molar-refractivity contribution in [3.05, 3.63) is 152 Å². The minimum atomic E-state index is -0.316. The Morgan fingerprint density at radius 3 is 1.40 bits per heavy atom. The summed E-state index contributed by atoms with van der Waals surface area (Å²) in [4.78, 5) is 48.8. The summed E-state index contributed by atoms with van der Waals surface area (Å²) in [6.07, 6.45) is 10.6. The van der Waals surface area contributed by atoms with Gasteiger partial charge in [-0.05, 0) is 22.3 Å². The Morgan fingerprint density at radius 1 is 0.621 bits per heavy atom. The molecule has 0 saturated carbocycles. The first kappa shape index (κ1) is 42.6. The van der Waals surface area contributed by atoms with E-state index in [2.05, 4.69) is 20.4 Å². The molecule has 0 aliphatic carbocycles. The molecule has 304 valence electrons. The molecule has 0 aliphatic rings.